The Morgan fingerprint density at radius 3 is 2.53 bits per heavy atom. The molecule has 0 atom stereocenters. The summed E-state index contributed by atoms with van der Waals surface area (Å²) in [7, 11) is 1.69. The Morgan fingerprint density at radius 1 is 1.18 bits per heavy atom. The summed E-state index contributed by atoms with van der Waals surface area (Å²) in [6.07, 6.45) is 0. The Morgan fingerprint density at radius 2 is 1.94 bits per heavy atom. The third-order valence-corrected chi connectivity index (χ3v) is 3.93. The second-order valence-electron chi connectivity index (χ2n) is 4.06. The molecular weight excluding hydrogens is 232 g/mol. The summed E-state index contributed by atoms with van der Waals surface area (Å²) < 4.78 is 5.31. The molecule has 2 rings (SSSR count). The van der Waals surface area contributed by atoms with Crippen LogP contribution in [0.1, 0.15) is 16.0 Å². The van der Waals surface area contributed by atoms with E-state index in [-0.39, 0.29) is 6.61 Å². The fourth-order valence-corrected chi connectivity index (χ4v) is 2.83. The van der Waals surface area contributed by atoms with Crippen LogP contribution < -0.4 is 4.74 Å². The molecule has 2 nitrogen and oxygen atoms in total. The number of hydrogen-bond acceptors (Lipinski definition) is 3. The smallest absolute Gasteiger partial charge is 0.122 e. The zero-order chi connectivity index (χ0) is 12.4. The van der Waals surface area contributed by atoms with E-state index in [0.717, 1.165) is 16.2 Å². The molecule has 0 radical (unpaired) electrons. The van der Waals surface area contributed by atoms with Crippen molar-refractivity contribution in [3.63, 3.8) is 0 Å². The number of aliphatic hydroxyl groups excluding tert-OH is 1. The van der Waals surface area contributed by atoms with Gasteiger partial charge >= 0.3 is 0 Å². The number of methoxy groups -OCH3 is 1. The minimum atomic E-state index is 0.110. The number of aryl methyl sites for hydroxylation is 2. The highest BCUT2D eigenvalue weighted by molar-refractivity contribution is 7.15. The van der Waals surface area contributed by atoms with Crippen molar-refractivity contribution in [1.29, 1.82) is 0 Å². The molecule has 1 aromatic heterocycles. The van der Waals surface area contributed by atoms with Gasteiger partial charge in [-0.25, -0.2) is 0 Å². The van der Waals surface area contributed by atoms with Gasteiger partial charge in [-0.2, -0.15) is 0 Å². The van der Waals surface area contributed by atoms with Crippen molar-refractivity contribution >= 4 is 11.3 Å². The summed E-state index contributed by atoms with van der Waals surface area (Å²) >= 11 is 1.63. The lowest BCUT2D eigenvalue weighted by Gasteiger charge is -2.10. The Balaban J connectivity index is 2.48. The quantitative estimate of drug-likeness (QED) is 0.900. The highest BCUT2D eigenvalue weighted by Gasteiger charge is 2.09. The Kier molecular flexibility index (Phi) is 3.50. The highest BCUT2D eigenvalue weighted by Crippen LogP contribution is 2.34. The first kappa shape index (κ1) is 12.1. The fourth-order valence-electron chi connectivity index (χ4n) is 1.88. The molecule has 0 aliphatic heterocycles. The van der Waals surface area contributed by atoms with Gasteiger partial charge in [-0.3, -0.25) is 0 Å². The van der Waals surface area contributed by atoms with Crippen molar-refractivity contribution in [2.45, 2.75) is 20.5 Å². The molecule has 1 aromatic carbocycles. The van der Waals surface area contributed by atoms with Crippen LogP contribution >= 0.6 is 11.3 Å². The highest BCUT2D eigenvalue weighted by atomic mass is 32.1. The molecular formula is C14H16O2S. The van der Waals surface area contributed by atoms with Crippen molar-refractivity contribution in [2.24, 2.45) is 0 Å². The third-order valence-electron chi connectivity index (χ3n) is 2.82. The van der Waals surface area contributed by atoms with Crippen molar-refractivity contribution in [2.75, 3.05) is 7.11 Å². The van der Waals surface area contributed by atoms with Crippen LogP contribution in [0.2, 0.25) is 0 Å². The van der Waals surface area contributed by atoms with E-state index >= 15 is 0 Å². The predicted octanol–water partition coefficient (Wildman–Crippen LogP) is 3.53. The van der Waals surface area contributed by atoms with Crippen LogP contribution in [0.3, 0.4) is 0 Å². The number of thiophene rings is 1. The lowest BCUT2D eigenvalue weighted by molar-refractivity contribution is 0.285. The molecule has 1 N–H and O–H groups in total. The van der Waals surface area contributed by atoms with Gasteiger partial charge < -0.3 is 9.84 Å². The predicted molar refractivity (Wildman–Crippen MR) is 71.7 cm³/mol. The Labute approximate surface area is 105 Å². The van der Waals surface area contributed by atoms with E-state index in [1.807, 2.05) is 13.0 Å². The SMILES string of the molecule is COc1cc(C)c(-c2ccc(CO)s2)cc1C. The Bertz CT molecular complexity index is 529. The molecule has 90 valence electrons. The number of ether oxygens (including phenoxy) is 1. The second kappa shape index (κ2) is 4.90. The standard InChI is InChI=1S/C14H16O2S/c1-9-7-13(16-3)10(2)6-12(9)14-5-4-11(8-15)17-14/h4-7,15H,8H2,1-3H3. The van der Waals surface area contributed by atoms with Gasteiger partial charge in [0.1, 0.15) is 5.75 Å². The van der Waals surface area contributed by atoms with Crippen molar-refractivity contribution in [3.05, 3.63) is 40.3 Å². The lowest BCUT2D eigenvalue weighted by atomic mass is 10.0. The number of aliphatic hydroxyl groups is 1. The van der Waals surface area contributed by atoms with E-state index in [9.17, 15) is 0 Å². The molecule has 0 unspecified atom stereocenters. The molecule has 0 saturated heterocycles. The van der Waals surface area contributed by atoms with Gasteiger partial charge in [0.05, 0.1) is 13.7 Å². The minimum absolute atomic E-state index is 0.110. The average molecular weight is 248 g/mol. The molecule has 0 aliphatic carbocycles. The maximum Gasteiger partial charge on any atom is 0.122 e. The van der Waals surface area contributed by atoms with Crippen LogP contribution in [-0.2, 0) is 6.61 Å². The van der Waals surface area contributed by atoms with E-state index in [4.69, 9.17) is 9.84 Å². The zero-order valence-corrected chi connectivity index (χ0v) is 11.1. The van der Waals surface area contributed by atoms with Crippen molar-refractivity contribution < 1.29 is 9.84 Å². The van der Waals surface area contributed by atoms with E-state index < -0.39 is 0 Å². The summed E-state index contributed by atoms with van der Waals surface area (Å²) in [5.41, 5.74) is 3.54. The molecule has 17 heavy (non-hydrogen) atoms. The molecule has 0 saturated carbocycles. The van der Waals surface area contributed by atoms with Crippen LogP contribution in [0.4, 0.5) is 0 Å². The third kappa shape index (κ3) is 2.35. The van der Waals surface area contributed by atoms with Gasteiger partial charge in [-0.1, -0.05) is 0 Å². The molecule has 0 aliphatic rings. The molecule has 3 heteroatoms. The largest absolute Gasteiger partial charge is 0.496 e. The van der Waals surface area contributed by atoms with Gasteiger partial charge in [0.25, 0.3) is 0 Å². The maximum absolute atomic E-state index is 9.09. The van der Waals surface area contributed by atoms with Gasteiger partial charge in [0, 0.05) is 9.75 Å². The number of hydrogen-bond donors (Lipinski definition) is 1. The first-order valence-corrected chi connectivity index (χ1v) is 6.32. The topological polar surface area (TPSA) is 29.5 Å². The van der Waals surface area contributed by atoms with Crippen molar-refractivity contribution in [1.82, 2.24) is 0 Å². The van der Waals surface area contributed by atoms with E-state index in [2.05, 4.69) is 25.1 Å². The number of rotatable bonds is 3. The van der Waals surface area contributed by atoms with Gasteiger partial charge in [-0.05, 0) is 54.8 Å². The van der Waals surface area contributed by atoms with Crippen LogP contribution in [0.25, 0.3) is 10.4 Å². The summed E-state index contributed by atoms with van der Waals surface area (Å²) in [4.78, 5) is 2.19. The molecule has 0 amide bonds. The second-order valence-corrected chi connectivity index (χ2v) is 5.23. The molecule has 2 aromatic rings. The lowest BCUT2D eigenvalue weighted by Crippen LogP contribution is -1.90. The van der Waals surface area contributed by atoms with Crippen LogP contribution in [0.5, 0.6) is 5.75 Å². The normalized spacial score (nSPS) is 10.6. The summed E-state index contributed by atoms with van der Waals surface area (Å²) in [6, 6.07) is 8.23. The minimum Gasteiger partial charge on any atom is -0.496 e. The zero-order valence-electron chi connectivity index (χ0n) is 10.3. The van der Waals surface area contributed by atoms with E-state index in [0.29, 0.717) is 0 Å². The van der Waals surface area contributed by atoms with Crippen LogP contribution in [0.15, 0.2) is 24.3 Å². The monoisotopic (exact) mass is 248 g/mol. The first-order chi connectivity index (χ1) is 8.15. The summed E-state index contributed by atoms with van der Waals surface area (Å²) in [6.45, 7) is 4.23. The average Bonchev–Trinajstić information content (AvgIpc) is 2.80. The molecule has 0 bridgehead atoms. The molecule has 1 heterocycles. The fraction of sp³-hybridized carbons (Fsp3) is 0.286. The van der Waals surface area contributed by atoms with Crippen LogP contribution in [-0.4, -0.2) is 12.2 Å². The van der Waals surface area contributed by atoms with Gasteiger partial charge in [-0.15, -0.1) is 11.3 Å². The first-order valence-electron chi connectivity index (χ1n) is 5.51. The summed E-state index contributed by atoms with van der Waals surface area (Å²) in [5, 5.41) is 9.09. The number of benzene rings is 1. The van der Waals surface area contributed by atoms with Gasteiger partial charge in [0.2, 0.25) is 0 Å². The maximum atomic E-state index is 9.09. The van der Waals surface area contributed by atoms with E-state index in [1.165, 1.54) is 16.0 Å². The Hall–Kier alpha value is -1.32. The van der Waals surface area contributed by atoms with E-state index in [1.54, 1.807) is 18.4 Å². The van der Waals surface area contributed by atoms with Crippen molar-refractivity contribution in [3.8, 4) is 16.2 Å². The molecule has 0 fully saturated rings. The van der Waals surface area contributed by atoms with Gasteiger partial charge in [0.15, 0.2) is 0 Å². The van der Waals surface area contributed by atoms with Crippen LogP contribution in [0, 0.1) is 13.8 Å². The molecule has 0 spiro atoms. The summed E-state index contributed by atoms with van der Waals surface area (Å²) in [5.74, 6) is 0.921.